The van der Waals surface area contributed by atoms with E-state index in [-0.39, 0.29) is 17.1 Å². The molecule has 0 bridgehead atoms. The van der Waals surface area contributed by atoms with Crippen LogP contribution in [0.5, 0.6) is 5.75 Å². The largest absolute Gasteiger partial charge is 0.494 e. The Balaban J connectivity index is 1.90. The normalized spacial score (nSPS) is 11.1. The molecule has 3 aromatic rings. The number of rotatable bonds is 8. The van der Waals surface area contributed by atoms with Crippen molar-refractivity contribution in [3.8, 4) is 5.75 Å². The molecule has 1 heterocycles. The van der Waals surface area contributed by atoms with Gasteiger partial charge in [0.1, 0.15) is 0 Å². The van der Waals surface area contributed by atoms with Crippen LogP contribution in [0.3, 0.4) is 0 Å². The van der Waals surface area contributed by atoms with Crippen molar-refractivity contribution in [2.24, 2.45) is 0 Å². The van der Waals surface area contributed by atoms with Crippen molar-refractivity contribution in [3.05, 3.63) is 64.2 Å². The number of halogens is 1. The molecule has 0 aliphatic rings. The number of para-hydroxylation sites is 1. The monoisotopic (exact) mass is 386 g/mol. The number of hydrogen-bond donors (Lipinski definition) is 0. The van der Waals surface area contributed by atoms with E-state index in [4.69, 9.17) is 9.72 Å². The topological polar surface area (TPSA) is 44.1 Å². The van der Waals surface area contributed by atoms with Crippen LogP contribution >= 0.6 is 11.8 Å². The SMILES string of the molecule is CCCCCn1c(SCc2ccc(OC)c(F)c2)nc2ccccc2c1=O. The Morgan fingerprint density at radius 1 is 1.19 bits per heavy atom. The zero-order chi connectivity index (χ0) is 19.2. The molecular weight excluding hydrogens is 363 g/mol. The zero-order valence-corrected chi connectivity index (χ0v) is 16.4. The Kier molecular flexibility index (Phi) is 6.50. The molecule has 1 aromatic heterocycles. The Morgan fingerprint density at radius 3 is 2.74 bits per heavy atom. The number of aromatic nitrogens is 2. The van der Waals surface area contributed by atoms with Crippen LogP contribution < -0.4 is 10.3 Å². The van der Waals surface area contributed by atoms with Gasteiger partial charge >= 0.3 is 0 Å². The van der Waals surface area contributed by atoms with E-state index in [0.717, 1.165) is 24.8 Å². The van der Waals surface area contributed by atoms with Crippen LogP contribution in [0.4, 0.5) is 4.39 Å². The van der Waals surface area contributed by atoms with E-state index in [2.05, 4.69) is 6.92 Å². The number of benzene rings is 2. The molecule has 0 aliphatic heterocycles. The van der Waals surface area contributed by atoms with Gasteiger partial charge in [-0.2, -0.15) is 0 Å². The molecule has 0 fully saturated rings. The second-order valence-corrected chi connectivity index (χ2v) is 7.28. The molecule has 142 valence electrons. The van der Waals surface area contributed by atoms with Gasteiger partial charge in [0.2, 0.25) is 0 Å². The minimum Gasteiger partial charge on any atom is -0.494 e. The second kappa shape index (κ2) is 9.04. The number of unbranched alkanes of at least 4 members (excludes halogenated alkanes) is 2. The van der Waals surface area contributed by atoms with Crippen molar-refractivity contribution < 1.29 is 9.13 Å². The Bertz CT molecular complexity index is 988. The fraction of sp³-hybridized carbons (Fsp3) is 0.333. The fourth-order valence-corrected chi connectivity index (χ4v) is 3.89. The van der Waals surface area contributed by atoms with E-state index < -0.39 is 0 Å². The predicted octanol–water partition coefficient (Wildman–Crippen LogP) is 5.03. The Hall–Kier alpha value is -2.34. The highest BCUT2D eigenvalue weighted by Gasteiger charge is 2.12. The van der Waals surface area contributed by atoms with E-state index in [1.54, 1.807) is 10.6 Å². The molecule has 0 spiro atoms. The molecule has 0 atom stereocenters. The van der Waals surface area contributed by atoms with Gasteiger partial charge in [0.15, 0.2) is 16.7 Å². The number of ether oxygens (including phenoxy) is 1. The summed E-state index contributed by atoms with van der Waals surface area (Å²) in [5.74, 6) is 0.367. The Morgan fingerprint density at radius 2 is 2.00 bits per heavy atom. The van der Waals surface area contributed by atoms with Gasteiger partial charge in [-0.15, -0.1) is 0 Å². The lowest BCUT2D eigenvalue weighted by atomic mass is 10.2. The third-order valence-electron chi connectivity index (χ3n) is 4.40. The molecule has 4 nitrogen and oxygen atoms in total. The average Bonchev–Trinajstić information content (AvgIpc) is 2.68. The standard InChI is InChI=1S/C21H23FN2O2S/c1-3-4-7-12-24-20(25)16-8-5-6-9-18(16)23-21(24)27-14-15-10-11-19(26-2)17(22)13-15/h5-6,8-11,13H,3-4,7,12,14H2,1-2H3. The smallest absolute Gasteiger partial charge is 0.262 e. The first-order valence-electron chi connectivity index (χ1n) is 9.08. The molecule has 0 saturated heterocycles. The van der Waals surface area contributed by atoms with Gasteiger partial charge in [0, 0.05) is 12.3 Å². The number of fused-ring (bicyclic) bond motifs is 1. The quantitative estimate of drug-likeness (QED) is 0.309. The third-order valence-corrected chi connectivity index (χ3v) is 5.44. The highest BCUT2D eigenvalue weighted by molar-refractivity contribution is 7.98. The van der Waals surface area contributed by atoms with Gasteiger partial charge in [-0.25, -0.2) is 9.37 Å². The van der Waals surface area contributed by atoms with Gasteiger partial charge in [-0.1, -0.05) is 49.7 Å². The average molecular weight is 386 g/mol. The molecule has 27 heavy (non-hydrogen) atoms. The van der Waals surface area contributed by atoms with Crippen molar-refractivity contribution in [1.29, 1.82) is 0 Å². The second-order valence-electron chi connectivity index (χ2n) is 6.33. The third kappa shape index (κ3) is 4.50. The van der Waals surface area contributed by atoms with Crippen molar-refractivity contribution in [2.75, 3.05) is 7.11 Å². The molecule has 0 N–H and O–H groups in total. The van der Waals surface area contributed by atoms with Crippen LogP contribution in [-0.2, 0) is 12.3 Å². The first-order valence-corrected chi connectivity index (χ1v) is 10.1. The molecule has 2 aromatic carbocycles. The van der Waals surface area contributed by atoms with Crippen LogP contribution in [0.1, 0.15) is 31.7 Å². The molecule has 3 rings (SSSR count). The number of nitrogens with zero attached hydrogens (tertiary/aromatic N) is 2. The summed E-state index contributed by atoms with van der Waals surface area (Å²) in [6.07, 6.45) is 3.08. The number of thioether (sulfide) groups is 1. The summed E-state index contributed by atoms with van der Waals surface area (Å²) in [7, 11) is 1.45. The van der Waals surface area contributed by atoms with Gasteiger partial charge < -0.3 is 4.74 Å². The van der Waals surface area contributed by atoms with Crippen molar-refractivity contribution in [2.45, 2.75) is 43.6 Å². The first kappa shape index (κ1) is 19.4. The summed E-state index contributed by atoms with van der Waals surface area (Å²) in [6.45, 7) is 2.78. The zero-order valence-electron chi connectivity index (χ0n) is 15.6. The van der Waals surface area contributed by atoms with Crippen LogP contribution in [0, 0.1) is 5.82 Å². The maximum atomic E-state index is 13.9. The van der Waals surface area contributed by atoms with Crippen molar-refractivity contribution >= 4 is 22.7 Å². The molecule has 0 aliphatic carbocycles. The van der Waals surface area contributed by atoms with E-state index in [1.807, 2.05) is 30.3 Å². The summed E-state index contributed by atoms with van der Waals surface area (Å²) < 4.78 is 20.6. The van der Waals surface area contributed by atoms with Gasteiger partial charge in [0.25, 0.3) is 5.56 Å². The number of hydrogen-bond acceptors (Lipinski definition) is 4. The number of methoxy groups -OCH3 is 1. The molecule has 6 heteroatoms. The van der Waals surface area contributed by atoms with E-state index in [1.165, 1.54) is 24.9 Å². The molecule has 0 radical (unpaired) electrons. The highest BCUT2D eigenvalue weighted by Crippen LogP contribution is 2.25. The fourth-order valence-electron chi connectivity index (χ4n) is 2.92. The highest BCUT2D eigenvalue weighted by atomic mass is 32.2. The van der Waals surface area contributed by atoms with Crippen LogP contribution in [0.25, 0.3) is 10.9 Å². The van der Waals surface area contributed by atoms with Crippen molar-refractivity contribution in [1.82, 2.24) is 9.55 Å². The maximum Gasteiger partial charge on any atom is 0.262 e. The summed E-state index contributed by atoms with van der Waals surface area (Å²) >= 11 is 1.45. The molecule has 0 amide bonds. The van der Waals surface area contributed by atoms with E-state index in [0.29, 0.717) is 28.4 Å². The molecule has 0 saturated carbocycles. The van der Waals surface area contributed by atoms with Crippen LogP contribution in [0.15, 0.2) is 52.4 Å². The lowest BCUT2D eigenvalue weighted by molar-refractivity contribution is 0.386. The van der Waals surface area contributed by atoms with Gasteiger partial charge in [-0.05, 0) is 36.2 Å². The molecule has 0 unspecified atom stereocenters. The van der Waals surface area contributed by atoms with Gasteiger partial charge in [0.05, 0.1) is 18.0 Å². The van der Waals surface area contributed by atoms with Crippen LogP contribution in [-0.4, -0.2) is 16.7 Å². The summed E-state index contributed by atoms with van der Waals surface area (Å²) in [5, 5.41) is 1.31. The van der Waals surface area contributed by atoms with E-state index in [9.17, 15) is 9.18 Å². The lowest BCUT2D eigenvalue weighted by Gasteiger charge is -2.13. The molecular formula is C21H23FN2O2S. The summed E-state index contributed by atoms with van der Waals surface area (Å²) in [5.41, 5.74) is 1.50. The predicted molar refractivity (Wildman–Crippen MR) is 108 cm³/mol. The lowest BCUT2D eigenvalue weighted by Crippen LogP contribution is -2.23. The minimum absolute atomic E-state index is 0.0138. The summed E-state index contributed by atoms with van der Waals surface area (Å²) in [4.78, 5) is 17.6. The van der Waals surface area contributed by atoms with Crippen LogP contribution in [0.2, 0.25) is 0 Å². The Labute approximate surface area is 162 Å². The summed E-state index contributed by atoms with van der Waals surface area (Å²) in [6, 6.07) is 12.3. The minimum atomic E-state index is -0.387. The first-order chi connectivity index (χ1) is 13.1. The van der Waals surface area contributed by atoms with E-state index >= 15 is 0 Å². The van der Waals surface area contributed by atoms with Crippen molar-refractivity contribution in [3.63, 3.8) is 0 Å². The van der Waals surface area contributed by atoms with Gasteiger partial charge in [-0.3, -0.25) is 9.36 Å². The maximum absolute atomic E-state index is 13.9.